The highest BCUT2D eigenvalue weighted by Crippen LogP contribution is 2.13. The van der Waals surface area contributed by atoms with Gasteiger partial charge in [0.1, 0.15) is 11.6 Å². The second-order valence-corrected chi connectivity index (χ2v) is 7.20. The Balaban J connectivity index is 1.56. The molecule has 0 aliphatic rings. The lowest BCUT2D eigenvalue weighted by atomic mass is 10.1. The van der Waals surface area contributed by atoms with E-state index in [1.165, 1.54) is 21.9 Å². The van der Waals surface area contributed by atoms with Crippen LogP contribution < -0.4 is 5.56 Å². The van der Waals surface area contributed by atoms with E-state index in [9.17, 15) is 14.4 Å². The summed E-state index contributed by atoms with van der Waals surface area (Å²) in [6, 6.07) is 7.76. The quantitative estimate of drug-likeness (QED) is 0.443. The summed E-state index contributed by atoms with van der Waals surface area (Å²) in [4.78, 5) is 40.7. The molecule has 3 rings (SSSR count). The molecule has 0 bridgehead atoms. The van der Waals surface area contributed by atoms with Gasteiger partial charge in [0.25, 0.3) is 5.56 Å². The Morgan fingerprint density at radius 1 is 1.22 bits per heavy atom. The van der Waals surface area contributed by atoms with Gasteiger partial charge in [0.05, 0.1) is 12.1 Å². The van der Waals surface area contributed by atoms with E-state index in [1.54, 1.807) is 24.3 Å². The number of nitrogens with zero attached hydrogens (tertiary/aromatic N) is 3. The van der Waals surface area contributed by atoms with E-state index in [0.717, 1.165) is 5.01 Å². The fourth-order valence-corrected chi connectivity index (χ4v) is 3.32. The molecule has 9 heteroatoms. The highest BCUT2D eigenvalue weighted by atomic mass is 35.5. The van der Waals surface area contributed by atoms with Crippen molar-refractivity contribution >= 4 is 39.7 Å². The van der Waals surface area contributed by atoms with Gasteiger partial charge in [-0.2, -0.15) is 9.61 Å². The smallest absolute Gasteiger partial charge is 0.306 e. The average molecular weight is 406 g/mol. The number of ether oxygens (including phenoxy) is 1. The van der Waals surface area contributed by atoms with Crippen molar-refractivity contribution in [2.75, 3.05) is 0 Å². The Morgan fingerprint density at radius 2 is 1.96 bits per heavy atom. The van der Waals surface area contributed by atoms with Gasteiger partial charge in [-0.1, -0.05) is 29.9 Å². The minimum atomic E-state index is -0.530. The van der Waals surface area contributed by atoms with Crippen LogP contribution in [0.5, 0.6) is 0 Å². The highest BCUT2D eigenvalue weighted by molar-refractivity contribution is 7.16. The van der Waals surface area contributed by atoms with Crippen LogP contribution in [0.3, 0.4) is 0 Å². The summed E-state index contributed by atoms with van der Waals surface area (Å²) in [5.74, 6) is -0.698. The molecule has 0 saturated carbocycles. The molecule has 0 amide bonds. The van der Waals surface area contributed by atoms with Crippen molar-refractivity contribution < 1.29 is 14.3 Å². The number of ketones is 1. The first kappa shape index (κ1) is 19.2. The molecule has 27 heavy (non-hydrogen) atoms. The molecule has 2 heterocycles. The Bertz CT molecular complexity index is 1040. The fourth-order valence-electron chi connectivity index (χ4n) is 2.33. The van der Waals surface area contributed by atoms with Gasteiger partial charge in [-0.15, -0.1) is 0 Å². The first-order valence-electron chi connectivity index (χ1n) is 8.29. The van der Waals surface area contributed by atoms with Crippen molar-refractivity contribution in [1.82, 2.24) is 14.6 Å². The molecule has 0 atom stereocenters. The standard InChI is InChI=1S/C18H16ClN3O4S/c1-2-15-21-22-16(24)9-13(20-18(22)27-15)10-26-17(25)8-7-14(23)11-3-5-12(19)6-4-11/h3-6,9H,2,7-8,10H2,1H3. The van der Waals surface area contributed by atoms with Gasteiger partial charge in [-0.05, 0) is 30.7 Å². The third-order valence-corrected chi connectivity index (χ3v) is 5.05. The molecule has 0 aliphatic heterocycles. The van der Waals surface area contributed by atoms with Crippen LogP contribution in [0.2, 0.25) is 5.02 Å². The Morgan fingerprint density at radius 3 is 2.67 bits per heavy atom. The summed E-state index contributed by atoms with van der Waals surface area (Å²) in [5, 5.41) is 5.50. The molecular formula is C18H16ClN3O4S. The Hall–Kier alpha value is -2.58. The maximum absolute atomic E-state index is 12.0. The second kappa shape index (κ2) is 8.41. The molecule has 3 aromatic rings. The molecule has 1 aromatic carbocycles. The number of carbonyl (C=O) groups excluding carboxylic acids is 2. The topological polar surface area (TPSA) is 90.6 Å². The van der Waals surface area contributed by atoms with E-state index in [-0.39, 0.29) is 30.8 Å². The SMILES string of the molecule is CCc1nn2c(=O)cc(COC(=O)CCC(=O)c3ccc(Cl)cc3)nc2s1. The largest absolute Gasteiger partial charge is 0.459 e. The van der Waals surface area contributed by atoms with Gasteiger partial charge >= 0.3 is 5.97 Å². The maximum Gasteiger partial charge on any atom is 0.306 e. The van der Waals surface area contributed by atoms with Crippen LogP contribution in [0.25, 0.3) is 4.96 Å². The molecule has 0 spiro atoms. The van der Waals surface area contributed by atoms with Gasteiger partial charge < -0.3 is 4.74 Å². The van der Waals surface area contributed by atoms with Crippen molar-refractivity contribution in [1.29, 1.82) is 0 Å². The normalized spacial score (nSPS) is 10.9. The van der Waals surface area contributed by atoms with E-state index in [2.05, 4.69) is 10.1 Å². The Labute approximate surface area is 163 Å². The number of halogens is 1. The lowest BCUT2D eigenvalue weighted by Crippen LogP contribution is -2.16. The second-order valence-electron chi connectivity index (χ2n) is 5.72. The summed E-state index contributed by atoms with van der Waals surface area (Å²) in [6.07, 6.45) is 0.687. The molecule has 0 unspecified atom stereocenters. The molecule has 140 valence electrons. The molecule has 0 fully saturated rings. The van der Waals surface area contributed by atoms with Crippen LogP contribution in [-0.4, -0.2) is 26.4 Å². The maximum atomic E-state index is 12.0. The lowest BCUT2D eigenvalue weighted by molar-refractivity contribution is -0.145. The van der Waals surface area contributed by atoms with Gasteiger partial charge in [0.15, 0.2) is 5.78 Å². The predicted molar refractivity (Wildman–Crippen MR) is 101 cm³/mol. The number of carbonyl (C=O) groups is 2. The number of aryl methyl sites for hydroxylation is 1. The number of Topliss-reactive ketones (excluding diaryl/α,β-unsaturated/α-hetero) is 1. The summed E-state index contributed by atoms with van der Waals surface area (Å²) < 4.78 is 6.37. The minimum Gasteiger partial charge on any atom is -0.459 e. The van der Waals surface area contributed by atoms with Crippen molar-refractivity contribution in [3.63, 3.8) is 0 Å². The van der Waals surface area contributed by atoms with Crippen molar-refractivity contribution in [2.24, 2.45) is 0 Å². The summed E-state index contributed by atoms with van der Waals surface area (Å²) in [5.41, 5.74) is 0.521. The van der Waals surface area contributed by atoms with Crippen molar-refractivity contribution in [3.05, 3.63) is 62.0 Å². The predicted octanol–water partition coefficient (Wildman–Crippen LogP) is 3.07. The summed E-state index contributed by atoms with van der Waals surface area (Å²) >= 11 is 7.10. The minimum absolute atomic E-state index is 0.0320. The first-order valence-corrected chi connectivity index (χ1v) is 9.48. The number of hydrogen-bond donors (Lipinski definition) is 0. The summed E-state index contributed by atoms with van der Waals surface area (Å²) in [7, 11) is 0. The number of fused-ring (bicyclic) bond motifs is 1. The average Bonchev–Trinajstić information content (AvgIpc) is 3.09. The third kappa shape index (κ3) is 4.78. The fraction of sp³-hybridized carbons (Fsp3) is 0.278. The molecular weight excluding hydrogens is 390 g/mol. The van der Waals surface area contributed by atoms with Crippen LogP contribution >= 0.6 is 22.9 Å². The van der Waals surface area contributed by atoms with Crippen molar-refractivity contribution in [3.8, 4) is 0 Å². The van der Waals surface area contributed by atoms with Crippen LogP contribution in [0.15, 0.2) is 35.1 Å². The molecule has 0 radical (unpaired) electrons. The van der Waals surface area contributed by atoms with Gasteiger partial charge in [0, 0.05) is 23.1 Å². The van der Waals surface area contributed by atoms with E-state index in [1.807, 2.05) is 6.92 Å². The van der Waals surface area contributed by atoms with E-state index in [4.69, 9.17) is 16.3 Å². The summed E-state index contributed by atoms with van der Waals surface area (Å²) in [6.45, 7) is 1.82. The lowest BCUT2D eigenvalue weighted by Gasteiger charge is -2.04. The number of hydrogen-bond acceptors (Lipinski definition) is 7. The first-order chi connectivity index (χ1) is 13.0. The zero-order chi connectivity index (χ0) is 19.4. The van der Waals surface area contributed by atoms with E-state index >= 15 is 0 Å². The molecule has 2 aromatic heterocycles. The van der Waals surface area contributed by atoms with Gasteiger partial charge in [-0.3, -0.25) is 14.4 Å². The molecule has 0 saturated heterocycles. The molecule has 0 aliphatic carbocycles. The van der Waals surface area contributed by atoms with Gasteiger partial charge in [0.2, 0.25) is 4.96 Å². The molecule has 0 N–H and O–H groups in total. The Kier molecular flexibility index (Phi) is 5.98. The third-order valence-electron chi connectivity index (χ3n) is 3.75. The van der Waals surface area contributed by atoms with Crippen molar-refractivity contribution in [2.45, 2.75) is 32.8 Å². The van der Waals surface area contributed by atoms with E-state index in [0.29, 0.717) is 27.7 Å². The molecule has 7 nitrogen and oxygen atoms in total. The number of rotatable bonds is 7. The van der Waals surface area contributed by atoms with Crippen LogP contribution in [0.4, 0.5) is 0 Å². The van der Waals surface area contributed by atoms with E-state index < -0.39 is 5.97 Å². The number of benzene rings is 1. The monoisotopic (exact) mass is 405 g/mol. The zero-order valence-electron chi connectivity index (χ0n) is 14.5. The zero-order valence-corrected chi connectivity index (χ0v) is 16.0. The number of aromatic nitrogens is 3. The van der Waals surface area contributed by atoms with Crippen LogP contribution in [0, 0.1) is 0 Å². The highest BCUT2D eigenvalue weighted by Gasteiger charge is 2.12. The van der Waals surface area contributed by atoms with Crippen LogP contribution in [0.1, 0.15) is 40.8 Å². The van der Waals surface area contributed by atoms with Crippen LogP contribution in [-0.2, 0) is 22.6 Å². The number of esters is 1. The van der Waals surface area contributed by atoms with Gasteiger partial charge in [-0.25, -0.2) is 4.98 Å².